The molecule has 1 aliphatic carbocycles. The van der Waals surface area contributed by atoms with E-state index >= 15 is 0 Å². The largest absolute Gasteiger partial charge is 0.487 e. The smallest absolute Gasteiger partial charge is 0.375 e. The molecule has 0 radical (unpaired) electrons. The van der Waals surface area contributed by atoms with Crippen LogP contribution in [0, 0.1) is 11.8 Å². The molecule has 2 heterocycles. The van der Waals surface area contributed by atoms with Crippen LogP contribution in [0.1, 0.15) is 51.3 Å². The Labute approximate surface area is 214 Å². The molecule has 4 atom stereocenters. The molecule has 2 aliphatic heterocycles. The topological polar surface area (TPSA) is 124 Å². The van der Waals surface area contributed by atoms with Crippen molar-refractivity contribution >= 4 is 23.7 Å². The maximum absolute atomic E-state index is 13.9. The van der Waals surface area contributed by atoms with Crippen LogP contribution in [-0.4, -0.2) is 51.3 Å². The van der Waals surface area contributed by atoms with E-state index < -0.39 is 35.2 Å². The molecule has 4 rings (SSSR count). The van der Waals surface area contributed by atoms with Gasteiger partial charge in [0.1, 0.15) is 18.1 Å². The Morgan fingerprint density at radius 3 is 2.41 bits per heavy atom. The van der Waals surface area contributed by atoms with Crippen LogP contribution in [0.4, 0.5) is 0 Å². The molecule has 0 amide bonds. The molecule has 1 unspecified atom stereocenters. The summed E-state index contributed by atoms with van der Waals surface area (Å²) in [5.74, 6) is -2.87. The average molecular weight is 515 g/mol. The molecule has 0 spiro atoms. The molecule has 0 N–H and O–H groups in total. The lowest BCUT2D eigenvalue weighted by Crippen LogP contribution is -2.47. The molecule has 0 fully saturated rings. The zero-order valence-electron chi connectivity index (χ0n) is 21.7. The lowest BCUT2D eigenvalue weighted by atomic mass is 9.63. The summed E-state index contributed by atoms with van der Waals surface area (Å²) in [6, 6.07) is 1.66. The van der Waals surface area contributed by atoms with E-state index in [1.54, 1.807) is 26.0 Å². The van der Waals surface area contributed by atoms with Crippen molar-refractivity contribution in [1.82, 2.24) is 0 Å². The van der Waals surface area contributed by atoms with Crippen LogP contribution in [0.3, 0.4) is 0 Å². The van der Waals surface area contributed by atoms with Crippen LogP contribution in [0.2, 0.25) is 0 Å². The lowest BCUT2D eigenvalue weighted by molar-refractivity contribution is -0.154. The van der Waals surface area contributed by atoms with Crippen LogP contribution < -0.4 is 14.2 Å². The highest BCUT2D eigenvalue weighted by Gasteiger charge is 2.58. The molecule has 37 heavy (non-hydrogen) atoms. The van der Waals surface area contributed by atoms with Gasteiger partial charge in [-0.15, -0.1) is 0 Å². The first-order valence-electron chi connectivity index (χ1n) is 12.0. The number of hydrogen-bond donors (Lipinski definition) is 0. The summed E-state index contributed by atoms with van der Waals surface area (Å²) < 4.78 is 33.1. The van der Waals surface area contributed by atoms with E-state index in [-0.39, 0.29) is 48.7 Å². The third kappa shape index (κ3) is 4.14. The fourth-order valence-electron chi connectivity index (χ4n) is 5.10. The van der Waals surface area contributed by atoms with E-state index in [0.29, 0.717) is 22.5 Å². The Morgan fingerprint density at radius 1 is 1.03 bits per heavy atom. The van der Waals surface area contributed by atoms with Crippen molar-refractivity contribution in [3.63, 3.8) is 0 Å². The maximum atomic E-state index is 13.9. The predicted octanol–water partition coefficient (Wildman–Crippen LogP) is 3.11. The SMILES string of the molecule is CC=C(C)C(=O)O[C@H]1c2cc3c(c4c2C(C(=O)C(=O)OC)(CO4)/C(=C\C(=O)OC)C[C@@H](C)[C@H]1C)OCO3. The number of esters is 3. The Morgan fingerprint density at radius 2 is 1.76 bits per heavy atom. The summed E-state index contributed by atoms with van der Waals surface area (Å²) in [5, 5.41) is 0. The minimum absolute atomic E-state index is 0.0779. The molecule has 0 bridgehead atoms. The number of carbonyl (C=O) groups excluding carboxylic acids is 4. The summed E-state index contributed by atoms with van der Waals surface area (Å²) in [5.41, 5.74) is -0.263. The highest BCUT2D eigenvalue weighted by molar-refractivity contribution is 6.38. The summed E-state index contributed by atoms with van der Waals surface area (Å²) in [7, 11) is 2.33. The number of fused-ring (bicyclic) bond motifs is 2. The van der Waals surface area contributed by atoms with Gasteiger partial charge in [0.05, 0.1) is 14.2 Å². The van der Waals surface area contributed by atoms with Crippen molar-refractivity contribution in [3.8, 4) is 17.2 Å². The summed E-state index contributed by atoms with van der Waals surface area (Å²) >= 11 is 0. The van der Waals surface area contributed by atoms with E-state index in [1.165, 1.54) is 13.2 Å². The zero-order chi connectivity index (χ0) is 27.1. The molecule has 10 heteroatoms. The van der Waals surface area contributed by atoms with E-state index in [4.69, 9.17) is 28.4 Å². The van der Waals surface area contributed by atoms with Crippen molar-refractivity contribution in [2.45, 2.75) is 45.6 Å². The Bertz CT molecular complexity index is 1230. The molecule has 3 aliphatic rings. The van der Waals surface area contributed by atoms with E-state index in [2.05, 4.69) is 0 Å². The number of hydrogen-bond acceptors (Lipinski definition) is 10. The molecule has 0 aromatic heterocycles. The van der Waals surface area contributed by atoms with Crippen LogP contribution in [-0.2, 0) is 38.8 Å². The zero-order valence-corrected chi connectivity index (χ0v) is 21.7. The van der Waals surface area contributed by atoms with Crippen molar-refractivity contribution < 1.29 is 47.6 Å². The van der Waals surface area contributed by atoms with E-state index in [9.17, 15) is 19.2 Å². The van der Waals surface area contributed by atoms with Crippen molar-refractivity contribution in [2.24, 2.45) is 11.8 Å². The maximum Gasteiger partial charge on any atom is 0.375 e. The van der Waals surface area contributed by atoms with Gasteiger partial charge in [0.15, 0.2) is 11.5 Å². The number of methoxy groups -OCH3 is 2. The first-order chi connectivity index (χ1) is 17.6. The molecular weight excluding hydrogens is 484 g/mol. The van der Waals surface area contributed by atoms with Crippen LogP contribution in [0.25, 0.3) is 0 Å². The molecule has 10 nitrogen and oxygen atoms in total. The lowest BCUT2D eigenvalue weighted by Gasteiger charge is -2.39. The summed E-state index contributed by atoms with van der Waals surface area (Å²) in [6.45, 7) is 6.86. The monoisotopic (exact) mass is 514 g/mol. The normalized spacial score (nSPS) is 26.9. The average Bonchev–Trinajstić information content (AvgIpc) is 3.53. The van der Waals surface area contributed by atoms with Crippen LogP contribution in [0.5, 0.6) is 17.2 Å². The second kappa shape index (κ2) is 9.91. The number of allylic oxidation sites excluding steroid dienone is 1. The van der Waals surface area contributed by atoms with Crippen LogP contribution in [0.15, 0.2) is 29.4 Å². The minimum Gasteiger partial charge on any atom is -0.487 e. The first-order valence-corrected chi connectivity index (χ1v) is 12.0. The Kier molecular flexibility index (Phi) is 7.03. The van der Waals surface area contributed by atoms with Crippen LogP contribution >= 0.6 is 0 Å². The predicted molar refractivity (Wildman–Crippen MR) is 128 cm³/mol. The Balaban J connectivity index is 2.08. The fraction of sp³-hybridized carbons (Fsp3) is 0.481. The summed E-state index contributed by atoms with van der Waals surface area (Å²) in [4.78, 5) is 52.0. The molecule has 0 saturated carbocycles. The number of ether oxygens (including phenoxy) is 6. The van der Waals surface area contributed by atoms with E-state index in [1.807, 2.05) is 13.8 Å². The Hall–Kier alpha value is -3.82. The van der Waals surface area contributed by atoms with Gasteiger partial charge in [0.25, 0.3) is 5.78 Å². The van der Waals surface area contributed by atoms with Gasteiger partial charge in [-0.2, -0.15) is 0 Å². The number of Topliss-reactive ketones (excluding diaryl/α,β-unsaturated/α-hetero) is 1. The van der Waals surface area contributed by atoms with Gasteiger partial charge >= 0.3 is 17.9 Å². The van der Waals surface area contributed by atoms with Crippen molar-refractivity contribution in [2.75, 3.05) is 27.6 Å². The van der Waals surface area contributed by atoms with Crippen molar-refractivity contribution in [3.05, 3.63) is 40.5 Å². The number of carbonyl (C=O) groups is 4. The second-order valence-electron chi connectivity index (χ2n) is 9.45. The first kappa shape index (κ1) is 26.2. The molecule has 198 valence electrons. The quantitative estimate of drug-likeness (QED) is 0.251. The van der Waals surface area contributed by atoms with Gasteiger partial charge in [-0.25, -0.2) is 14.4 Å². The number of rotatable bonds is 5. The molecule has 1 aromatic rings. The number of ketones is 1. The standard InChI is InChI=1S/C27H30O10/c1-7-13(2)25(30)37-21-15(4)14(3)8-16(9-19(28)32-5)27(24(29)26(31)33-6)11-34-23-20(27)17(21)10-18-22(23)36-12-35-18/h7,9-10,14-15,21H,8,11-12H2,1-6H3/b13-7?,16-9-/t14-,15-,21-,27?/m1/s1. The van der Waals surface area contributed by atoms with Gasteiger partial charge in [-0.3, -0.25) is 4.79 Å². The van der Waals surface area contributed by atoms with Gasteiger partial charge in [0.2, 0.25) is 12.5 Å². The highest BCUT2D eigenvalue weighted by atomic mass is 16.7. The fourth-order valence-corrected chi connectivity index (χ4v) is 5.10. The van der Waals surface area contributed by atoms with Gasteiger partial charge in [-0.05, 0) is 37.8 Å². The molecular formula is C27H30O10. The molecule has 1 aromatic carbocycles. The highest BCUT2D eigenvalue weighted by Crippen LogP contribution is 2.59. The van der Waals surface area contributed by atoms with Gasteiger partial charge in [-0.1, -0.05) is 19.9 Å². The second-order valence-corrected chi connectivity index (χ2v) is 9.45. The molecule has 0 saturated heterocycles. The number of benzene rings is 1. The minimum atomic E-state index is -1.73. The van der Waals surface area contributed by atoms with Gasteiger partial charge in [0, 0.05) is 28.7 Å². The van der Waals surface area contributed by atoms with Gasteiger partial charge < -0.3 is 28.4 Å². The third-order valence-electron chi connectivity index (χ3n) is 7.52. The van der Waals surface area contributed by atoms with E-state index in [0.717, 1.165) is 7.11 Å². The third-order valence-corrected chi connectivity index (χ3v) is 7.52. The van der Waals surface area contributed by atoms with Crippen molar-refractivity contribution in [1.29, 1.82) is 0 Å². The summed E-state index contributed by atoms with van der Waals surface area (Å²) in [6.07, 6.45) is 2.26.